The highest BCUT2D eigenvalue weighted by atomic mass is 32.2. The summed E-state index contributed by atoms with van der Waals surface area (Å²) in [5, 5.41) is 10.9. The first-order valence-corrected chi connectivity index (χ1v) is 10.4. The van der Waals surface area contributed by atoms with Crippen LogP contribution in [-0.2, 0) is 23.8 Å². The first-order chi connectivity index (χ1) is 14.6. The number of hydrogen-bond donors (Lipinski definition) is 1. The fourth-order valence-corrected chi connectivity index (χ4v) is 4.19. The predicted molar refractivity (Wildman–Crippen MR) is 113 cm³/mol. The Kier molecular flexibility index (Phi) is 6.16. The number of methoxy groups -OCH3 is 1. The Morgan fingerprint density at radius 2 is 1.93 bits per heavy atom. The molecule has 0 radical (unpaired) electrons. The average molecular weight is 430 g/mol. The van der Waals surface area contributed by atoms with Crippen molar-refractivity contribution in [3.63, 3.8) is 0 Å². The smallest absolute Gasteiger partial charge is 0.331 e. The van der Waals surface area contributed by atoms with E-state index in [-0.39, 0.29) is 10.7 Å². The molecule has 4 rings (SSSR count). The summed E-state index contributed by atoms with van der Waals surface area (Å²) in [5.41, 5.74) is 2.03. The highest BCUT2D eigenvalue weighted by molar-refractivity contribution is 8.18. The van der Waals surface area contributed by atoms with Gasteiger partial charge in [-0.15, -0.1) is 5.10 Å². The zero-order chi connectivity index (χ0) is 21.0. The molecule has 1 spiro atoms. The summed E-state index contributed by atoms with van der Waals surface area (Å²) in [6.45, 7) is 3.14. The van der Waals surface area contributed by atoms with Crippen molar-refractivity contribution in [2.75, 3.05) is 38.3 Å². The van der Waals surface area contributed by atoms with Gasteiger partial charge in [0.15, 0.2) is 11.0 Å². The highest BCUT2D eigenvalue weighted by Gasteiger charge is 2.39. The number of amidine groups is 1. The summed E-state index contributed by atoms with van der Waals surface area (Å²) >= 11 is 1.04. The van der Waals surface area contributed by atoms with Crippen molar-refractivity contribution in [1.82, 2.24) is 5.32 Å². The molecule has 158 valence electrons. The summed E-state index contributed by atoms with van der Waals surface area (Å²) in [5.74, 6) is -1.37. The third-order valence-corrected chi connectivity index (χ3v) is 5.95. The Bertz CT molecular complexity index is 896. The van der Waals surface area contributed by atoms with Gasteiger partial charge < -0.3 is 19.1 Å². The molecule has 1 amide bonds. The van der Waals surface area contributed by atoms with Crippen molar-refractivity contribution in [2.24, 2.45) is 10.2 Å². The van der Waals surface area contributed by atoms with Gasteiger partial charge in [-0.25, -0.2) is 4.79 Å². The molecule has 10 heteroatoms. The second-order valence-electron chi connectivity index (χ2n) is 6.92. The number of benzene rings is 1. The zero-order valence-electron chi connectivity index (χ0n) is 16.5. The maximum atomic E-state index is 11.8. The van der Waals surface area contributed by atoms with Gasteiger partial charge in [0.1, 0.15) is 0 Å². The monoisotopic (exact) mass is 430 g/mol. The van der Waals surface area contributed by atoms with Crippen LogP contribution in [0.5, 0.6) is 0 Å². The largest absolute Gasteiger partial charge is 0.466 e. The van der Waals surface area contributed by atoms with Gasteiger partial charge in [0.25, 0.3) is 5.91 Å². The molecule has 1 aromatic carbocycles. The number of esters is 1. The molecule has 0 saturated carbocycles. The molecule has 1 aromatic rings. The molecular formula is C20H22N4O5S. The van der Waals surface area contributed by atoms with Gasteiger partial charge >= 0.3 is 5.97 Å². The number of thioether (sulfide) groups is 1. The quantitative estimate of drug-likeness (QED) is 0.335. The summed E-state index contributed by atoms with van der Waals surface area (Å²) in [4.78, 5) is 25.6. The van der Waals surface area contributed by atoms with Gasteiger partial charge in [0, 0.05) is 37.7 Å². The number of carbonyl (C=O) groups excluding carboxylic acids is 2. The second-order valence-corrected chi connectivity index (χ2v) is 7.95. The molecule has 0 aliphatic carbocycles. The minimum atomic E-state index is -0.593. The molecule has 3 heterocycles. The Hall–Kier alpha value is -2.69. The van der Waals surface area contributed by atoms with Crippen LogP contribution < -0.4 is 10.2 Å². The highest BCUT2D eigenvalue weighted by Crippen LogP contribution is 2.33. The molecule has 0 aromatic heterocycles. The summed E-state index contributed by atoms with van der Waals surface area (Å²) in [6.07, 6.45) is 4.46. The Morgan fingerprint density at radius 1 is 1.23 bits per heavy atom. The van der Waals surface area contributed by atoms with Crippen molar-refractivity contribution >= 4 is 40.7 Å². The van der Waals surface area contributed by atoms with Gasteiger partial charge in [-0.3, -0.25) is 10.1 Å². The van der Waals surface area contributed by atoms with Crippen LogP contribution in [0.2, 0.25) is 0 Å². The standard InChI is InChI=1S/C20H22N4O5S/c1-27-17(25)12-16-18(26)22-19(30-16)23-21-13-14-2-4-15(5-3-14)24-8-6-20(7-9-24)28-10-11-29-20/h2-5,12-13H,6-11H2,1H3,(H,22,23,26)/b16-12+,21-13?. The Morgan fingerprint density at radius 3 is 2.60 bits per heavy atom. The molecular weight excluding hydrogens is 408 g/mol. The van der Waals surface area contributed by atoms with Crippen molar-refractivity contribution in [1.29, 1.82) is 0 Å². The molecule has 9 nitrogen and oxygen atoms in total. The third kappa shape index (κ3) is 4.72. The van der Waals surface area contributed by atoms with E-state index in [2.05, 4.69) is 25.2 Å². The number of nitrogens with one attached hydrogen (secondary N) is 1. The molecule has 30 heavy (non-hydrogen) atoms. The maximum Gasteiger partial charge on any atom is 0.331 e. The van der Waals surface area contributed by atoms with Gasteiger partial charge in [-0.1, -0.05) is 12.1 Å². The van der Waals surface area contributed by atoms with Crippen LogP contribution in [0.1, 0.15) is 18.4 Å². The van der Waals surface area contributed by atoms with Crippen LogP contribution in [-0.4, -0.2) is 62.5 Å². The number of hydrogen-bond acceptors (Lipinski definition) is 9. The first kappa shape index (κ1) is 20.6. The average Bonchev–Trinajstić information content (AvgIpc) is 3.36. The number of ether oxygens (including phenoxy) is 3. The van der Waals surface area contributed by atoms with E-state index < -0.39 is 11.9 Å². The third-order valence-electron chi connectivity index (χ3n) is 5.05. The molecule has 3 aliphatic rings. The summed E-state index contributed by atoms with van der Waals surface area (Å²) in [6, 6.07) is 8.03. The molecule has 3 aliphatic heterocycles. The van der Waals surface area contributed by atoms with Crippen LogP contribution >= 0.6 is 11.8 Å². The lowest BCUT2D eigenvalue weighted by Crippen LogP contribution is -2.45. The van der Waals surface area contributed by atoms with Gasteiger partial charge in [-0.2, -0.15) is 5.10 Å². The fraction of sp³-hybridized carbons (Fsp3) is 0.400. The number of piperidine rings is 1. The summed E-state index contributed by atoms with van der Waals surface area (Å²) < 4.78 is 16.1. The minimum Gasteiger partial charge on any atom is -0.466 e. The molecule has 0 unspecified atom stereocenters. The topological polar surface area (TPSA) is 102 Å². The first-order valence-electron chi connectivity index (χ1n) is 9.60. The van der Waals surface area contributed by atoms with Gasteiger partial charge in [-0.05, 0) is 29.5 Å². The Labute approximate surface area is 178 Å². The lowest BCUT2D eigenvalue weighted by molar-refractivity contribution is -0.169. The van der Waals surface area contributed by atoms with Gasteiger partial charge in [0.05, 0.1) is 31.4 Å². The number of nitrogens with zero attached hydrogens (tertiary/aromatic N) is 3. The normalized spacial score (nSPS) is 23.6. The van der Waals surface area contributed by atoms with E-state index in [1.807, 2.05) is 24.3 Å². The zero-order valence-corrected chi connectivity index (χ0v) is 17.3. The molecule has 3 saturated heterocycles. The summed E-state index contributed by atoms with van der Waals surface area (Å²) in [7, 11) is 1.25. The van der Waals surface area contributed by atoms with Crippen LogP contribution in [0.4, 0.5) is 5.69 Å². The molecule has 1 N–H and O–H groups in total. The number of carbonyl (C=O) groups is 2. The van der Waals surface area contributed by atoms with E-state index in [9.17, 15) is 9.59 Å². The van der Waals surface area contributed by atoms with Crippen molar-refractivity contribution in [2.45, 2.75) is 18.6 Å². The second kappa shape index (κ2) is 8.99. The lowest BCUT2D eigenvalue weighted by atomic mass is 10.0. The minimum absolute atomic E-state index is 0.219. The predicted octanol–water partition coefficient (Wildman–Crippen LogP) is 1.64. The van der Waals surface area contributed by atoms with Crippen molar-refractivity contribution in [3.8, 4) is 0 Å². The van der Waals surface area contributed by atoms with Gasteiger partial charge in [0.2, 0.25) is 0 Å². The van der Waals surface area contributed by atoms with E-state index in [0.717, 1.165) is 55.0 Å². The van der Waals surface area contributed by atoms with E-state index in [1.165, 1.54) is 7.11 Å². The van der Waals surface area contributed by atoms with Crippen LogP contribution in [0.15, 0.2) is 45.4 Å². The number of amides is 1. The van der Waals surface area contributed by atoms with E-state index in [1.54, 1.807) is 6.21 Å². The molecule has 0 atom stereocenters. The Balaban J connectivity index is 1.32. The lowest BCUT2D eigenvalue weighted by Gasteiger charge is -2.38. The van der Waals surface area contributed by atoms with Crippen LogP contribution in [0, 0.1) is 0 Å². The SMILES string of the molecule is COC(=O)/C=C1/S/C(=N\N=Cc2ccc(N3CCC4(CC3)OCCO4)cc2)NC1=O. The van der Waals surface area contributed by atoms with E-state index in [4.69, 9.17) is 9.47 Å². The van der Waals surface area contributed by atoms with Crippen molar-refractivity contribution < 1.29 is 23.8 Å². The van der Waals surface area contributed by atoms with Crippen LogP contribution in [0.25, 0.3) is 0 Å². The maximum absolute atomic E-state index is 11.8. The van der Waals surface area contributed by atoms with Crippen LogP contribution in [0.3, 0.4) is 0 Å². The molecule has 3 fully saturated rings. The number of anilines is 1. The van der Waals surface area contributed by atoms with Crippen molar-refractivity contribution in [3.05, 3.63) is 40.8 Å². The molecule has 0 bridgehead atoms. The van der Waals surface area contributed by atoms with E-state index >= 15 is 0 Å². The fourth-order valence-electron chi connectivity index (χ4n) is 3.45. The van der Waals surface area contributed by atoms with E-state index in [0.29, 0.717) is 18.4 Å². The number of rotatable bonds is 4.